The van der Waals surface area contributed by atoms with Gasteiger partial charge in [0.25, 0.3) is 0 Å². The fourth-order valence-electron chi connectivity index (χ4n) is 4.80. The lowest BCUT2D eigenvalue weighted by atomic mass is 9.71. The van der Waals surface area contributed by atoms with Gasteiger partial charge in [0.05, 0.1) is 12.0 Å². The summed E-state index contributed by atoms with van der Waals surface area (Å²) in [5.41, 5.74) is 1.79. The molecule has 0 aliphatic carbocycles. The van der Waals surface area contributed by atoms with Crippen LogP contribution in [0, 0.1) is 6.92 Å². The molecule has 1 unspecified atom stereocenters. The van der Waals surface area contributed by atoms with Crippen molar-refractivity contribution in [2.45, 2.75) is 50.5 Å². The lowest BCUT2D eigenvalue weighted by molar-refractivity contribution is -0.142. The molecule has 28 heavy (non-hydrogen) atoms. The lowest BCUT2D eigenvalue weighted by Gasteiger charge is -2.40. The van der Waals surface area contributed by atoms with Gasteiger partial charge in [-0.2, -0.15) is 0 Å². The second-order valence-corrected chi connectivity index (χ2v) is 8.20. The van der Waals surface area contributed by atoms with Crippen molar-refractivity contribution < 1.29 is 19.4 Å². The van der Waals surface area contributed by atoms with E-state index in [-0.39, 0.29) is 18.5 Å². The number of carbonyl (C=O) groups is 2. The zero-order valence-corrected chi connectivity index (χ0v) is 17.0. The number of likely N-dealkylation sites (N-methyl/N-ethyl adjacent to an activating group) is 1. The smallest absolute Gasteiger partial charge is 0.317 e. The number of ether oxygens (including phenoxy) is 1. The molecule has 1 aromatic rings. The van der Waals surface area contributed by atoms with Crippen molar-refractivity contribution in [1.82, 2.24) is 9.80 Å². The molecule has 2 saturated heterocycles. The van der Waals surface area contributed by atoms with E-state index in [0.29, 0.717) is 19.8 Å². The number of hydrogen-bond donors (Lipinski definition) is 1. The summed E-state index contributed by atoms with van der Waals surface area (Å²) in [4.78, 5) is 28.8. The molecule has 1 amide bonds. The van der Waals surface area contributed by atoms with Crippen molar-refractivity contribution in [2.24, 2.45) is 0 Å². The normalized spacial score (nSPS) is 22.7. The monoisotopic (exact) mass is 388 g/mol. The number of aryl methyl sites for hydroxylation is 1. The number of carboxylic acids is 1. The van der Waals surface area contributed by atoms with Gasteiger partial charge >= 0.3 is 5.97 Å². The van der Waals surface area contributed by atoms with Crippen LogP contribution in [0.15, 0.2) is 24.3 Å². The first kappa shape index (κ1) is 20.8. The van der Waals surface area contributed by atoms with Gasteiger partial charge in [0.2, 0.25) is 5.91 Å². The number of carboxylic acid groups (broad SMARTS) is 1. The topological polar surface area (TPSA) is 70.1 Å². The summed E-state index contributed by atoms with van der Waals surface area (Å²) in [6.45, 7) is 4.77. The molecule has 154 valence electrons. The van der Waals surface area contributed by atoms with E-state index < -0.39 is 11.4 Å². The van der Waals surface area contributed by atoms with E-state index >= 15 is 0 Å². The third-order valence-corrected chi connectivity index (χ3v) is 6.41. The highest BCUT2D eigenvalue weighted by Crippen LogP contribution is 2.39. The summed E-state index contributed by atoms with van der Waals surface area (Å²) in [5.74, 6) is -0.591. The van der Waals surface area contributed by atoms with Crippen molar-refractivity contribution in [3.8, 4) is 0 Å². The lowest BCUT2D eigenvalue weighted by Crippen LogP contribution is -2.50. The second kappa shape index (κ2) is 9.05. The Morgan fingerprint density at radius 3 is 2.61 bits per heavy atom. The number of carbonyl (C=O) groups excluding carboxylic acids is 1. The summed E-state index contributed by atoms with van der Waals surface area (Å²) in [6, 6.07) is 8.42. The maximum atomic E-state index is 13.8. The Hall–Kier alpha value is -1.92. The molecule has 1 aromatic carbocycles. The zero-order valence-electron chi connectivity index (χ0n) is 17.0. The molecule has 2 aliphatic rings. The minimum absolute atomic E-state index is 0.0447. The molecule has 2 heterocycles. The average molecular weight is 389 g/mol. The molecular formula is C22H32N2O4. The van der Waals surface area contributed by atoms with Crippen molar-refractivity contribution in [1.29, 1.82) is 0 Å². The predicted molar refractivity (Wildman–Crippen MR) is 107 cm³/mol. The van der Waals surface area contributed by atoms with Gasteiger partial charge in [-0.3, -0.25) is 14.5 Å². The number of benzene rings is 1. The molecule has 2 fully saturated rings. The van der Waals surface area contributed by atoms with Crippen LogP contribution in [0.3, 0.4) is 0 Å². The third-order valence-electron chi connectivity index (χ3n) is 6.41. The Kier molecular flexibility index (Phi) is 6.73. The number of amides is 1. The SMILES string of the molecule is Cc1ccccc1C1(C(=O)N2CCCC(N(C)CC(=O)O)CC2)CCOCC1. The fraction of sp³-hybridized carbons (Fsp3) is 0.636. The number of aliphatic carboxylic acids is 1. The van der Waals surface area contributed by atoms with Crippen LogP contribution in [0.25, 0.3) is 0 Å². The van der Waals surface area contributed by atoms with Gasteiger partial charge in [-0.25, -0.2) is 0 Å². The molecule has 2 aliphatic heterocycles. The number of nitrogens with zero attached hydrogens (tertiary/aromatic N) is 2. The summed E-state index contributed by atoms with van der Waals surface area (Å²) in [5, 5.41) is 9.06. The van der Waals surface area contributed by atoms with Gasteiger partial charge in [0.1, 0.15) is 0 Å². The van der Waals surface area contributed by atoms with Crippen LogP contribution in [0.1, 0.15) is 43.2 Å². The van der Waals surface area contributed by atoms with Crippen LogP contribution in [-0.2, 0) is 19.7 Å². The first-order valence-corrected chi connectivity index (χ1v) is 10.3. The Morgan fingerprint density at radius 1 is 1.21 bits per heavy atom. The van der Waals surface area contributed by atoms with Crippen LogP contribution >= 0.6 is 0 Å². The van der Waals surface area contributed by atoms with Crippen LogP contribution in [-0.4, -0.2) is 72.7 Å². The minimum atomic E-state index is -0.805. The Balaban J connectivity index is 1.78. The molecular weight excluding hydrogens is 356 g/mol. The quantitative estimate of drug-likeness (QED) is 0.839. The molecule has 0 spiro atoms. The first-order valence-electron chi connectivity index (χ1n) is 10.3. The highest BCUT2D eigenvalue weighted by atomic mass is 16.5. The van der Waals surface area contributed by atoms with Gasteiger partial charge in [0, 0.05) is 32.3 Å². The molecule has 0 saturated carbocycles. The largest absolute Gasteiger partial charge is 0.480 e. The molecule has 1 atom stereocenters. The van der Waals surface area contributed by atoms with Gasteiger partial charge in [-0.1, -0.05) is 24.3 Å². The molecule has 6 heteroatoms. The number of likely N-dealkylation sites (tertiary alicyclic amines) is 1. The molecule has 0 radical (unpaired) electrons. The number of hydrogen-bond acceptors (Lipinski definition) is 4. The molecule has 3 rings (SSSR count). The summed E-state index contributed by atoms with van der Waals surface area (Å²) < 4.78 is 5.60. The summed E-state index contributed by atoms with van der Waals surface area (Å²) >= 11 is 0. The highest BCUT2D eigenvalue weighted by Gasteiger charge is 2.45. The van der Waals surface area contributed by atoms with E-state index in [0.717, 1.165) is 49.8 Å². The highest BCUT2D eigenvalue weighted by molar-refractivity contribution is 5.89. The van der Waals surface area contributed by atoms with E-state index in [2.05, 4.69) is 19.1 Å². The summed E-state index contributed by atoms with van der Waals surface area (Å²) in [7, 11) is 1.86. The van der Waals surface area contributed by atoms with Gasteiger partial charge in [-0.05, 0) is 57.2 Å². The summed E-state index contributed by atoms with van der Waals surface area (Å²) in [6.07, 6.45) is 4.08. The van der Waals surface area contributed by atoms with Crippen molar-refractivity contribution in [3.63, 3.8) is 0 Å². The van der Waals surface area contributed by atoms with E-state index in [1.165, 1.54) is 0 Å². The fourth-order valence-corrected chi connectivity index (χ4v) is 4.80. The zero-order chi connectivity index (χ0) is 20.1. The third kappa shape index (κ3) is 4.39. The van der Waals surface area contributed by atoms with E-state index in [1.54, 1.807) is 0 Å². The predicted octanol–water partition coefficient (Wildman–Crippen LogP) is 2.44. The van der Waals surface area contributed by atoms with Crippen LogP contribution in [0.4, 0.5) is 0 Å². The van der Waals surface area contributed by atoms with E-state index in [9.17, 15) is 9.59 Å². The number of rotatable bonds is 5. The van der Waals surface area contributed by atoms with Crippen molar-refractivity contribution in [2.75, 3.05) is 39.9 Å². The van der Waals surface area contributed by atoms with Crippen molar-refractivity contribution >= 4 is 11.9 Å². The maximum Gasteiger partial charge on any atom is 0.317 e. The van der Waals surface area contributed by atoms with Gasteiger partial charge in [0.15, 0.2) is 0 Å². The minimum Gasteiger partial charge on any atom is -0.480 e. The molecule has 0 bridgehead atoms. The average Bonchev–Trinajstić information content (AvgIpc) is 2.94. The molecule has 0 aromatic heterocycles. The molecule has 6 nitrogen and oxygen atoms in total. The van der Waals surface area contributed by atoms with Crippen LogP contribution in [0.2, 0.25) is 0 Å². The second-order valence-electron chi connectivity index (χ2n) is 8.20. The maximum absolute atomic E-state index is 13.8. The Labute approximate surface area is 167 Å². The van der Waals surface area contributed by atoms with Crippen LogP contribution in [0.5, 0.6) is 0 Å². The van der Waals surface area contributed by atoms with E-state index in [4.69, 9.17) is 9.84 Å². The van der Waals surface area contributed by atoms with Gasteiger partial charge in [-0.15, -0.1) is 0 Å². The molecule has 1 N–H and O–H groups in total. The van der Waals surface area contributed by atoms with E-state index in [1.807, 2.05) is 29.0 Å². The first-order chi connectivity index (χ1) is 13.4. The Bertz CT molecular complexity index is 700. The standard InChI is InChI=1S/C22H32N2O4/c1-17-6-3-4-8-19(17)22(10-14-28-15-11-22)21(27)24-12-5-7-18(9-13-24)23(2)16-20(25)26/h3-4,6,8,18H,5,7,9-16H2,1-2H3,(H,25,26). The van der Waals surface area contributed by atoms with Gasteiger partial charge < -0.3 is 14.7 Å². The van der Waals surface area contributed by atoms with Crippen LogP contribution < -0.4 is 0 Å². The van der Waals surface area contributed by atoms with Crippen molar-refractivity contribution in [3.05, 3.63) is 35.4 Å². The Morgan fingerprint density at radius 2 is 1.93 bits per heavy atom.